The van der Waals surface area contributed by atoms with Gasteiger partial charge in [-0.1, -0.05) is 133 Å². The van der Waals surface area contributed by atoms with Gasteiger partial charge in [0.15, 0.2) is 0 Å². The second-order valence-electron chi connectivity index (χ2n) is 12.1. The summed E-state index contributed by atoms with van der Waals surface area (Å²) in [5.74, 6) is 0. The average molecular weight is 602 g/mol. The van der Waals surface area contributed by atoms with Crippen molar-refractivity contribution in [2.75, 3.05) is 0 Å². The van der Waals surface area contributed by atoms with E-state index in [2.05, 4.69) is 168 Å². The van der Waals surface area contributed by atoms with E-state index < -0.39 is 0 Å². The van der Waals surface area contributed by atoms with E-state index in [9.17, 15) is 0 Å². The average Bonchev–Trinajstić information content (AvgIpc) is 3.47. The number of benzene rings is 8. The summed E-state index contributed by atoms with van der Waals surface area (Å²) in [7, 11) is 0. The first-order chi connectivity index (χ1) is 22.8. The summed E-state index contributed by atoms with van der Waals surface area (Å²) in [4.78, 5) is 2.66. The third-order valence-electron chi connectivity index (χ3n) is 9.57. The van der Waals surface area contributed by atoms with Crippen molar-refractivity contribution in [3.63, 3.8) is 0 Å². The van der Waals surface area contributed by atoms with Crippen LogP contribution >= 0.6 is 11.8 Å². The fourth-order valence-electron chi connectivity index (χ4n) is 7.50. The van der Waals surface area contributed by atoms with Crippen molar-refractivity contribution in [2.45, 2.75) is 9.79 Å². The summed E-state index contributed by atoms with van der Waals surface area (Å²) in [5.41, 5.74) is 11.3. The first-order valence-electron chi connectivity index (χ1n) is 15.8. The normalized spacial score (nSPS) is 12.3. The summed E-state index contributed by atoms with van der Waals surface area (Å²) in [6, 6.07) is 60.2. The highest BCUT2D eigenvalue weighted by Crippen LogP contribution is 2.49. The van der Waals surface area contributed by atoms with Crippen molar-refractivity contribution in [1.82, 2.24) is 4.57 Å². The largest absolute Gasteiger partial charge is 0.309 e. The molecule has 10 rings (SSSR count). The smallest absolute Gasteiger partial charge is 0.0619 e. The Hall–Kier alpha value is -5.57. The van der Waals surface area contributed by atoms with Crippen molar-refractivity contribution in [1.29, 1.82) is 0 Å². The molecule has 1 aliphatic rings. The van der Waals surface area contributed by atoms with Crippen molar-refractivity contribution in [3.8, 4) is 39.1 Å². The second kappa shape index (κ2) is 9.97. The highest BCUT2D eigenvalue weighted by Gasteiger charge is 2.21. The van der Waals surface area contributed by atoms with Crippen LogP contribution in [0.3, 0.4) is 0 Å². The second-order valence-corrected chi connectivity index (χ2v) is 13.2. The number of aromatic nitrogens is 1. The molecule has 8 aromatic carbocycles. The van der Waals surface area contributed by atoms with Crippen LogP contribution in [0.2, 0.25) is 0 Å². The molecule has 0 saturated heterocycles. The molecule has 0 unspecified atom stereocenters. The van der Waals surface area contributed by atoms with E-state index in [1.807, 2.05) is 11.8 Å². The SMILES string of the molecule is c1ccc(-n2c3ccccc3c3ccc4ccc(-c5cccc(-c6ccc7c8c(cccc68)-c6ccccc6S7)c5)cc4c32)cc1. The summed E-state index contributed by atoms with van der Waals surface area (Å²) < 4.78 is 2.43. The zero-order valence-electron chi connectivity index (χ0n) is 24.9. The van der Waals surface area contributed by atoms with Gasteiger partial charge in [-0.15, -0.1) is 0 Å². The lowest BCUT2D eigenvalue weighted by molar-refractivity contribution is 1.19. The van der Waals surface area contributed by atoms with Gasteiger partial charge >= 0.3 is 0 Å². The number of rotatable bonds is 3. The topological polar surface area (TPSA) is 4.93 Å². The molecule has 0 saturated carbocycles. The van der Waals surface area contributed by atoms with Crippen LogP contribution in [0.25, 0.3) is 82.4 Å². The maximum atomic E-state index is 2.43. The van der Waals surface area contributed by atoms with Crippen LogP contribution in [0.1, 0.15) is 0 Å². The lowest BCUT2D eigenvalue weighted by Crippen LogP contribution is -1.94. The van der Waals surface area contributed by atoms with Gasteiger partial charge in [-0.3, -0.25) is 0 Å². The molecule has 9 aromatic rings. The molecule has 0 radical (unpaired) electrons. The number of hydrogen-bond acceptors (Lipinski definition) is 1. The van der Waals surface area contributed by atoms with Gasteiger partial charge in [0.1, 0.15) is 0 Å². The molecule has 0 bridgehead atoms. The molecule has 1 aliphatic heterocycles. The van der Waals surface area contributed by atoms with Crippen LogP contribution in [0.15, 0.2) is 174 Å². The lowest BCUT2D eigenvalue weighted by Gasteiger charge is -2.21. The Kier molecular flexibility index (Phi) is 5.58. The molecule has 1 nitrogen and oxygen atoms in total. The molecular weight excluding hydrogens is 575 g/mol. The van der Waals surface area contributed by atoms with E-state index in [1.54, 1.807) is 0 Å². The highest BCUT2D eigenvalue weighted by atomic mass is 32.2. The number of fused-ring (bicyclic) bond motifs is 7. The van der Waals surface area contributed by atoms with Crippen LogP contribution in [0.4, 0.5) is 0 Å². The Bertz CT molecular complexity index is 2660. The van der Waals surface area contributed by atoms with Crippen LogP contribution in [-0.4, -0.2) is 4.57 Å². The number of nitrogens with zero attached hydrogens (tertiary/aromatic N) is 1. The van der Waals surface area contributed by atoms with Crippen molar-refractivity contribution in [2.24, 2.45) is 0 Å². The molecule has 0 N–H and O–H groups in total. The Morgan fingerprint density at radius 1 is 0.391 bits per heavy atom. The number of para-hydroxylation sites is 2. The summed E-state index contributed by atoms with van der Waals surface area (Å²) in [6.45, 7) is 0. The van der Waals surface area contributed by atoms with Crippen molar-refractivity contribution >= 4 is 55.1 Å². The summed E-state index contributed by atoms with van der Waals surface area (Å²) in [5, 5.41) is 7.73. The Morgan fingerprint density at radius 3 is 2.09 bits per heavy atom. The molecule has 1 aromatic heterocycles. The third kappa shape index (κ3) is 3.77. The molecule has 2 heterocycles. The molecule has 2 heteroatoms. The van der Waals surface area contributed by atoms with E-state index in [-0.39, 0.29) is 0 Å². The molecule has 0 aliphatic carbocycles. The maximum Gasteiger partial charge on any atom is 0.0619 e. The Morgan fingerprint density at radius 2 is 1.13 bits per heavy atom. The molecule has 214 valence electrons. The molecular formula is C44H27NS. The molecule has 0 amide bonds. The quantitative estimate of drug-likeness (QED) is 0.195. The minimum atomic E-state index is 1.18. The van der Waals surface area contributed by atoms with Crippen LogP contribution < -0.4 is 0 Å². The van der Waals surface area contributed by atoms with Gasteiger partial charge in [0.2, 0.25) is 0 Å². The van der Waals surface area contributed by atoms with Gasteiger partial charge < -0.3 is 4.57 Å². The molecule has 0 fully saturated rings. The number of hydrogen-bond donors (Lipinski definition) is 0. The van der Waals surface area contributed by atoms with Crippen LogP contribution in [-0.2, 0) is 0 Å². The minimum Gasteiger partial charge on any atom is -0.309 e. The van der Waals surface area contributed by atoms with Crippen LogP contribution in [0.5, 0.6) is 0 Å². The van der Waals surface area contributed by atoms with E-state index in [0.29, 0.717) is 0 Å². The Labute approximate surface area is 271 Å². The summed E-state index contributed by atoms with van der Waals surface area (Å²) in [6.07, 6.45) is 0. The van der Waals surface area contributed by atoms with Gasteiger partial charge in [0, 0.05) is 37.0 Å². The summed E-state index contributed by atoms with van der Waals surface area (Å²) >= 11 is 1.88. The highest BCUT2D eigenvalue weighted by molar-refractivity contribution is 7.99. The molecule has 0 spiro atoms. The van der Waals surface area contributed by atoms with E-state index in [1.165, 1.54) is 92.2 Å². The molecule has 0 atom stereocenters. The van der Waals surface area contributed by atoms with Gasteiger partial charge in [-0.05, 0) is 86.6 Å². The predicted molar refractivity (Wildman–Crippen MR) is 196 cm³/mol. The lowest BCUT2D eigenvalue weighted by atomic mass is 9.91. The van der Waals surface area contributed by atoms with Gasteiger partial charge in [0.05, 0.1) is 11.0 Å². The maximum absolute atomic E-state index is 2.43. The standard InChI is InChI=1S/C44H27NS/c1-2-12-32(13-3-1)45-40-18-6-4-14-34(40)38-23-22-28-20-21-30(27-39(28)44(38)45)29-10-8-11-31(26-29)33-24-25-42-43-36(33)16-9-17-37(43)35-15-5-7-19-41(35)46-42/h1-27H. The van der Waals surface area contributed by atoms with Gasteiger partial charge in [-0.25, -0.2) is 0 Å². The van der Waals surface area contributed by atoms with Crippen LogP contribution in [0, 0.1) is 0 Å². The van der Waals surface area contributed by atoms with Crippen molar-refractivity contribution < 1.29 is 0 Å². The van der Waals surface area contributed by atoms with E-state index in [4.69, 9.17) is 0 Å². The zero-order chi connectivity index (χ0) is 30.2. The van der Waals surface area contributed by atoms with E-state index >= 15 is 0 Å². The molecule has 46 heavy (non-hydrogen) atoms. The fraction of sp³-hybridized carbons (Fsp3) is 0. The first kappa shape index (κ1) is 25.7. The predicted octanol–water partition coefficient (Wildman–Crippen LogP) is 12.6. The minimum absolute atomic E-state index is 1.18. The third-order valence-corrected chi connectivity index (χ3v) is 10.7. The van der Waals surface area contributed by atoms with Gasteiger partial charge in [0.25, 0.3) is 0 Å². The first-order valence-corrected chi connectivity index (χ1v) is 16.6. The van der Waals surface area contributed by atoms with E-state index in [0.717, 1.165) is 0 Å². The Balaban J connectivity index is 1.17. The van der Waals surface area contributed by atoms with Gasteiger partial charge in [-0.2, -0.15) is 0 Å². The fourth-order valence-corrected chi connectivity index (χ4v) is 8.63. The van der Waals surface area contributed by atoms with Crippen molar-refractivity contribution in [3.05, 3.63) is 164 Å². The monoisotopic (exact) mass is 601 g/mol. The zero-order valence-corrected chi connectivity index (χ0v) is 25.8.